The maximum absolute atomic E-state index is 13.2. The van der Waals surface area contributed by atoms with Crippen molar-refractivity contribution in [2.75, 3.05) is 32.1 Å². The number of fused-ring (bicyclic) bond motifs is 2. The Morgan fingerprint density at radius 3 is 2.79 bits per heavy atom. The monoisotopic (exact) mass is 471 g/mol. The van der Waals surface area contributed by atoms with Crippen LogP contribution in [-0.4, -0.2) is 60.0 Å². The molecule has 1 saturated heterocycles. The van der Waals surface area contributed by atoms with E-state index < -0.39 is 5.41 Å². The molecule has 1 aliphatic carbocycles. The molecule has 3 heterocycles. The highest BCUT2D eigenvalue weighted by molar-refractivity contribution is 6.31. The second-order valence-corrected chi connectivity index (χ2v) is 10.1. The van der Waals surface area contributed by atoms with Crippen molar-refractivity contribution in [2.24, 2.45) is 5.92 Å². The van der Waals surface area contributed by atoms with Crippen LogP contribution in [-0.2, 0) is 28.0 Å². The number of aromatic nitrogens is 2. The van der Waals surface area contributed by atoms with Crippen LogP contribution in [0.25, 0.3) is 0 Å². The van der Waals surface area contributed by atoms with Gasteiger partial charge in [0.15, 0.2) is 0 Å². The van der Waals surface area contributed by atoms with Gasteiger partial charge in [0.05, 0.1) is 18.7 Å². The van der Waals surface area contributed by atoms with Gasteiger partial charge in [0.25, 0.3) is 0 Å². The van der Waals surface area contributed by atoms with Crippen LogP contribution in [0.3, 0.4) is 0 Å². The summed E-state index contributed by atoms with van der Waals surface area (Å²) in [6, 6.07) is 6.00. The number of ether oxygens (including phenoxy) is 1. The minimum Gasteiger partial charge on any atom is -0.453 e. The van der Waals surface area contributed by atoms with E-state index in [-0.39, 0.29) is 18.0 Å². The molecule has 0 bridgehead atoms. The number of amides is 2. The Morgan fingerprint density at radius 2 is 2.06 bits per heavy atom. The van der Waals surface area contributed by atoms with Crippen LogP contribution < -0.4 is 10.2 Å². The molecule has 0 radical (unpaired) electrons. The molecule has 2 aromatic rings. The Hall–Kier alpha value is -2.58. The molecule has 0 unspecified atom stereocenters. The highest BCUT2D eigenvalue weighted by atomic mass is 35.5. The predicted octanol–water partition coefficient (Wildman–Crippen LogP) is 3.18. The average molecular weight is 472 g/mol. The highest BCUT2D eigenvalue weighted by Crippen LogP contribution is 2.48. The van der Waals surface area contributed by atoms with Crippen LogP contribution in [0.4, 0.5) is 10.5 Å². The smallest absolute Gasteiger partial charge is 0.407 e. The van der Waals surface area contributed by atoms with Crippen molar-refractivity contribution in [1.82, 2.24) is 20.0 Å². The number of likely N-dealkylation sites (tertiary alicyclic amines) is 1. The van der Waals surface area contributed by atoms with E-state index in [0.717, 1.165) is 63.1 Å². The summed E-state index contributed by atoms with van der Waals surface area (Å²) in [5.74, 6) is 0.708. The van der Waals surface area contributed by atoms with Gasteiger partial charge in [-0.2, -0.15) is 5.10 Å². The van der Waals surface area contributed by atoms with Crippen LogP contribution >= 0.6 is 11.6 Å². The van der Waals surface area contributed by atoms with E-state index in [4.69, 9.17) is 11.6 Å². The first-order valence-electron chi connectivity index (χ1n) is 11.5. The zero-order valence-corrected chi connectivity index (χ0v) is 19.8. The van der Waals surface area contributed by atoms with E-state index in [1.165, 1.54) is 12.7 Å². The topological polar surface area (TPSA) is 79.7 Å². The third-order valence-corrected chi connectivity index (χ3v) is 7.78. The molecule has 1 aromatic carbocycles. The van der Waals surface area contributed by atoms with Gasteiger partial charge in [-0.3, -0.25) is 14.4 Å². The first kappa shape index (κ1) is 22.2. The zero-order chi connectivity index (χ0) is 23.2. The first-order chi connectivity index (χ1) is 15.9. The zero-order valence-electron chi connectivity index (χ0n) is 19.1. The lowest BCUT2D eigenvalue weighted by atomic mass is 9.73. The number of nitrogens with zero attached hydrogens (tertiary/aromatic N) is 4. The lowest BCUT2D eigenvalue weighted by molar-refractivity contribution is -0.124. The molecule has 2 fully saturated rings. The summed E-state index contributed by atoms with van der Waals surface area (Å²) in [7, 11) is 3.25. The quantitative estimate of drug-likeness (QED) is 0.724. The lowest BCUT2D eigenvalue weighted by Gasteiger charge is -2.38. The third-order valence-electron chi connectivity index (χ3n) is 7.54. The molecule has 176 valence electrons. The van der Waals surface area contributed by atoms with Gasteiger partial charge in [0.1, 0.15) is 0 Å². The van der Waals surface area contributed by atoms with E-state index in [0.29, 0.717) is 10.9 Å². The van der Waals surface area contributed by atoms with Crippen LogP contribution in [0.5, 0.6) is 0 Å². The van der Waals surface area contributed by atoms with Crippen molar-refractivity contribution in [3.05, 3.63) is 46.7 Å². The summed E-state index contributed by atoms with van der Waals surface area (Å²) in [5.41, 5.74) is 2.80. The normalized spacial score (nSPS) is 24.0. The molecule has 2 aliphatic heterocycles. The first-order valence-corrected chi connectivity index (χ1v) is 11.9. The number of hydrogen-bond donors (Lipinski definition) is 1. The Bertz CT molecular complexity index is 1060. The molecular weight excluding hydrogens is 442 g/mol. The number of nitrogens with one attached hydrogen (secondary N) is 1. The van der Waals surface area contributed by atoms with Gasteiger partial charge in [-0.25, -0.2) is 4.79 Å². The molecule has 1 saturated carbocycles. The number of likely N-dealkylation sites (N-methyl/N-ethyl adjacent to an activating group) is 1. The summed E-state index contributed by atoms with van der Waals surface area (Å²) in [6.45, 7) is 3.42. The van der Waals surface area contributed by atoms with Crippen molar-refractivity contribution in [3.63, 3.8) is 0 Å². The van der Waals surface area contributed by atoms with E-state index in [2.05, 4.69) is 26.2 Å². The minimum atomic E-state index is -0.450. The number of carbonyl (C=O) groups excluding carboxylic acids is 2. The number of halogens is 1. The summed E-state index contributed by atoms with van der Waals surface area (Å²) in [5, 5.41) is 8.07. The summed E-state index contributed by atoms with van der Waals surface area (Å²) >= 11 is 6.27. The number of alkyl carbamates (subject to hydrolysis) is 1. The van der Waals surface area contributed by atoms with Crippen molar-refractivity contribution in [1.29, 1.82) is 0 Å². The Balaban J connectivity index is 1.15. The van der Waals surface area contributed by atoms with Gasteiger partial charge in [-0.05, 0) is 68.5 Å². The van der Waals surface area contributed by atoms with Crippen molar-refractivity contribution < 1.29 is 14.3 Å². The van der Waals surface area contributed by atoms with Crippen molar-refractivity contribution in [2.45, 2.75) is 50.2 Å². The van der Waals surface area contributed by atoms with Crippen LogP contribution in [0.2, 0.25) is 5.02 Å². The fourth-order valence-electron chi connectivity index (χ4n) is 5.64. The molecule has 33 heavy (non-hydrogen) atoms. The van der Waals surface area contributed by atoms with Gasteiger partial charge in [-0.1, -0.05) is 11.6 Å². The predicted molar refractivity (Wildman–Crippen MR) is 125 cm³/mol. The second-order valence-electron chi connectivity index (χ2n) is 9.62. The summed E-state index contributed by atoms with van der Waals surface area (Å²) < 4.78 is 6.66. The fraction of sp³-hybridized carbons (Fsp3) is 0.542. The standard InChI is InChI=1S/C24H30ClN5O3/c1-28-21-4-3-18(25)11-20(21)24(22(28)31)5-7-29(8-6-24)13-17-12-26-30(15-17)14-16-9-19(10-16)27-23(32)33-2/h3-4,11-12,15-16,19H,5-10,13-14H2,1-2H3,(H,27,32)/t16-,19+. The van der Waals surface area contributed by atoms with Gasteiger partial charge in [-0.15, -0.1) is 0 Å². The van der Waals surface area contributed by atoms with E-state index >= 15 is 0 Å². The summed E-state index contributed by atoms with van der Waals surface area (Å²) in [4.78, 5) is 28.7. The van der Waals surface area contributed by atoms with E-state index in [1.807, 2.05) is 36.1 Å². The second kappa shape index (κ2) is 8.65. The Kier molecular flexibility index (Phi) is 5.82. The molecule has 2 amide bonds. The highest BCUT2D eigenvalue weighted by Gasteiger charge is 2.51. The van der Waals surface area contributed by atoms with Crippen LogP contribution in [0.1, 0.15) is 36.8 Å². The van der Waals surface area contributed by atoms with Crippen LogP contribution in [0.15, 0.2) is 30.6 Å². The maximum Gasteiger partial charge on any atom is 0.407 e. The Morgan fingerprint density at radius 1 is 1.30 bits per heavy atom. The number of methoxy groups -OCH3 is 1. The number of rotatable bonds is 5. The molecule has 1 N–H and O–H groups in total. The van der Waals surface area contributed by atoms with Gasteiger partial charge in [0, 0.05) is 48.6 Å². The molecule has 5 rings (SSSR count). The summed E-state index contributed by atoms with van der Waals surface area (Å²) in [6.07, 6.45) is 7.20. The molecule has 1 aromatic heterocycles. The van der Waals surface area contributed by atoms with E-state index in [1.54, 1.807) is 4.90 Å². The van der Waals surface area contributed by atoms with Crippen LogP contribution in [0, 0.1) is 5.92 Å². The number of carbonyl (C=O) groups is 2. The average Bonchev–Trinajstić information content (AvgIpc) is 3.30. The molecular formula is C24H30ClN5O3. The SMILES string of the molecule is COC(=O)N[C@H]1C[C@@H](Cn2cc(CN3CCC4(CC3)C(=O)N(C)c3ccc(Cl)cc34)cn2)C1. The molecule has 1 spiro atoms. The largest absolute Gasteiger partial charge is 0.453 e. The van der Waals surface area contributed by atoms with Gasteiger partial charge >= 0.3 is 6.09 Å². The number of piperidine rings is 1. The number of hydrogen-bond acceptors (Lipinski definition) is 5. The number of anilines is 1. The van der Waals surface area contributed by atoms with Crippen molar-refractivity contribution >= 4 is 29.3 Å². The third kappa shape index (κ3) is 4.10. The van der Waals surface area contributed by atoms with Crippen molar-refractivity contribution in [3.8, 4) is 0 Å². The van der Waals surface area contributed by atoms with Gasteiger partial charge in [0.2, 0.25) is 5.91 Å². The minimum absolute atomic E-state index is 0.188. The van der Waals surface area contributed by atoms with E-state index in [9.17, 15) is 9.59 Å². The molecule has 8 nitrogen and oxygen atoms in total. The fourth-order valence-corrected chi connectivity index (χ4v) is 5.82. The maximum atomic E-state index is 13.2. The molecule has 0 atom stereocenters. The Labute approximate surface area is 198 Å². The lowest BCUT2D eigenvalue weighted by Crippen LogP contribution is -2.47. The van der Waals surface area contributed by atoms with Gasteiger partial charge < -0.3 is 15.0 Å². The molecule has 9 heteroatoms. The molecule has 3 aliphatic rings. The number of benzene rings is 1.